The van der Waals surface area contributed by atoms with Crippen LogP contribution in [0.5, 0.6) is 0 Å². The number of rotatable bonds is 0. The van der Waals surface area contributed by atoms with E-state index in [9.17, 15) is 8.42 Å². The molecule has 0 aromatic heterocycles. The van der Waals surface area contributed by atoms with E-state index in [1.54, 1.807) is 0 Å². The van der Waals surface area contributed by atoms with Crippen LogP contribution in [0, 0.1) is 0 Å². The molecule has 2 heterocycles. The highest BCUT2D eigenvalue weighted by Gasteiger charge is 2.51. The Labute approximate surface area is 79.2 Å². The molecule has 5 heteroatoms. The molecule has 12 heavy (non-hydrogen) atoms. The van der Waals surface area contributed by atoms with Crippen molar-refractivity contribution in [1.29, 1.82) is 0 Å². The highest BCUT2D eigenvalue weighted by atomic mass is 35.5. The molecule has 0 aliphatic carbocycles. The normalized spacial score (nSPS) is 38.3. The Morgan fingerprint density at radius 1 is 1.25 bits per heavy atom. The Balaban J connectivity index is 0.000000720. The minimum absolute atomic E-state index is 0. The molecular weight excluding hydrogens is 198 g/mol. The van der Waals surface area contributed by atoms with Gasteiger partial charge in [-0.25, -0.2) is 8.42 Å². The molecular formula is C7H14ClNO2S. The van der Waals surface area contributed by atoms with E-state index in [1.807, 2.05) is 0 Å². The van der Waals surface area contributed by atoms with Gasteiger partial charge >= 0.3 is 0 Å². The van der Waals surface area contributed by atoms with Crippen LogP contribution in [-0.4, -0.2) is 32.0 Å². The minimum atomic E-state index is -2.71. The number of nitrogens with one attached hydrogen (secondary N) is 1. The van der Waals surface area contributed by atoms with Crippen LogP contribution in [0.2, 0.25) is 0 Å². The molecule has 2 saturated heterocycles. The first-order chi connectivity index (χ1) is 5.16. The Hall–Kier alpha value is 0.200. The van der Waals surface area contributed by atoms with Gasteiger partial charge in [0.15, 0.2) is 9.84 Å². The highest BCUT2D eigenvalue weighted by molar-refractivity contribution is 7.94. The Bertz CT molecular complexity index is 257. The quantitative estimate of drug-likeness (QED) is 0.629. The third kappa shape index (κ3) is 1.26. The van der Waals surface area contributed by atoms with E-state index in [-0.39, 0.29) is 17.2 Å². The third-order valence-corrected chi connectivity index (χ3v) is 5.53. The number of sulfone groups is 1. The van der Waals surface area contributed by atoms with Gasteiger partial charge in [-0.05, 0) is 25.8 Å². The van der Waals surface area contributed by atoms with E-state index in [0.717, 1.165) is 25.8 Å². The lowest BCUT2D eigenvalue weighted by Gasteiger charge is -2.43. The maximum absolute atomic E-state index is 11.4. The molecule has 2 rings (SSSR count). The lowest BCUT2D eigenvalue weighted by atomic mass is 9.95. The summed E-state index contributed by atoms with van der Waals surface area (Å²) in [6, 6.07) is 0. The lowest BCUT2D eigenvalue weighted by molar-refractivity contribution is 0.353. The van der Waals surface area contributed by atoms with Crippen LogP contribution >= 0.6 is 12.4 Å². The largest absolute Gasteiger partial charge is 0.315 e. The second kappa shape index (κ2) is 3.16. The van der Waals surface area contributed by atoms with Crippen molar-refractivity contribution in [2.24, 2.45) is 0 Å². The molecule has 1 N–H and O–H groups in total. The second-order valence-electron chi connectivity index (χ2n) is 3.53. The highest BCUT2D eigenvalue weighted by Crippen LogP contribution is 2.38. The molecule has 0 radical (unpaired) electrons. The summed E-state index contributed by atoms with van der Waals surface area (Å²) in [5, 5.41) is 3.15. The van der Waals surface area contributed by atoms with Crippen molar-refractivity contribution in [3.05, 3.63) is 0 Å². The van der Waals surface area contributed by atoms with Crippen LogP contribution < -0.4 is 5.32 Å². The van der Waals surface area contributed by atoms with E-state index >= 15 is 0 Å². The first-order valence-corrected chi connectivity index (χ1v) is 5.75. The number of hydrogen-bond acceptors (Lipinski definition) is 3. The zero-order valence-electron chi connectivity index (χ0n) is 6.88. The minimum Gasteiger partial charge on any atom is -0.315 e. The Kier molecular flexibility index (Phi) is 2.71. The number of hydrogen-bond donors (Lipinski definition) is 1. The third-order valence-electron chi connectivity index (χ3n) is 2.92. The van der Waals surface area contributed by atoms with Crippen molar-refractivity contribution in [3.8, 4) is 0 Å². The summed E-state index contributed by atoms with van der Waals surface area (Å²) in [4.78, 5) is 0. The average molecular weight is 212 g/mol. The van der Waals surface area contributed by atoms with Gasteiger partial charge in [-0.2, -0.15) is 0 Å². The zero-order valence-corrected chi connectivity index (χ0v) is 8.51. The van der Waals surface area contributed by atoms with Gasteiger partial charge in [0.05, 0.1) is 10.5 Å². The Morgan fingerprint density at radius 2 is 2.00 bits per heavy atom. The van der Waals surface area contributed by atoms with Crippen LogP contribution in [-0.2, 0) is 9.84 Å². The first kappa shape index (κ1) is 10.3. The van der Waals surface area contributed by atoms with Crippen molar-refractivity contribution in [1.82, 2.24) is 5.32 Å². The second-order valence-corrected chi connectivity index (χ2v) is 6.04. The number of halogens is 1. The van der Waals surface area contributed by atoms with E-state index in [4.69, 9.17) is 0 Å². The smallest absolute Gasteiger partial charge is 0.157 e. The van der Waals surface area contributed by atoms with Gasteiger partial charge in [-0.15, -0.1) is 12.4 Å². The molecule has 2 aliphatic rings. The standard InChI is InChI=1S/C7H13NO2S.ClH/c9-11(10)5-3-7(11)2-1-4-8-6-7;/h8H,1-6H2;1H. The summed E-state index contributed by atoms with van der Waals surface area (Å²) >= 11 is 0. The molecule has 3 nitrogen and oxygen atoms in total. The summed E-state index contributed by atoms with van der Waals surface area (Å²) in [7, 11) is -2.71. The van der Waals surface area contributed by atoms with E-state index in [2.05, 4.69) is 5.32 Å². The fourth-order valence-electron chi connectivity index (χ4n) is 1.98. The lowest BCUT2D eigenvalue weighted by Crippen LogP contribution is -2.59. The predicted molar refractivity (Wildman–Crippen MR) is 50.5 cm³/mol. The molecule has 0 bridgehead atoms. The van der Waals surface area contributed by atoms with Crippen molar-refractivity contribution in [3.63, 3.8) is 0 Å². The molecule has 2 aliphatic heterocycles. The molecule has 1 atom stereocenters. The fraction of sp³-hybridized carbons (Fsp3) is 1.00. The summed E-state index contributed by atoms with van der Waals surface area (Å²) < 4.78 is 22.4. The molecule has 1 spiro atoms. The van der Waals surface area contributed by atoms with Crippen molar-refractivity contribution < 1.29 is 8.42 Å². The van der Waals surface area contributed by atoms with Gasteiger partial charge in [0, 0.05) is 6.54 Å². The average Bonchev–Trinajstić information content (AvgIpc) is 2.04. The van der Waals surface area contributed by atoms with E-state index < -0.39 is 9.84 Å². The Morgan fingerprint density at radius 3 is 2.25 bits per heavy atom. The van der Waals surface area contributed by atoms with Crippen LogP contribution in [0.1, 0.15) is 19.3 Å². The van der Waals surface area contributed by atoms with Gasteiger partial charge in [0.2, 0.25) is 0 Å². The fourth-order valence-corrected chi connectivity index (χ4v) is 3.87. The van der Waals surface area contributed by atoms with Gasteiger partial charge in [0.1, 0.15) is 0 Å². The molecule has 72 valence electrons. The van der Waals surface area contributed by atoms with Crippen LogP contribution in [0.4, 0.5) is 0 Å². The molecule has 0 saturated carbocycles. The topological polar surface area (TPSA) is 46.2 Å². The molecule has 0 amide bonds. The van der Waals surface area contributed by atoms with Crippen molar-refractivity contribution in [2.45, 2.75) is 24.0 Å². The molecule has 0 aromatic rings. The predicted octanol–water partition coefficient (Wildman–Crippen LogP) is 0.349. The van der Waals surface area contributed by atoms with Gasteiger partial charge in [-0.1, -0.05) is 0 Å². The van der Waals surface area contributed by atoms with Gasteiger partial charge < -0.3 is 5.32 Å². The summed E-state index contributed by atoms with van der Waals surface area (Å²) in [5.41, 5.74) is 0. The molecule has 1 unspecified atom stereocenters. The SMILES string of the molecule is Cl.O=S1(=O)CCC12CCCNC2. The van der Waals surface area contributed by atoms with Crippen LogP contribution in [0.3, 0.4) is 0 Å². The summed E-state index contributed by atoms with van der Waals surface area (Å²) in [6.45, 7) is 1.67. The monoisotopic (exact) mass is 211 g/mol. The van der Waals surface area contributed by atoms with Gasteiger partial charge in [-0.3, -0.25) is 0 Å². The first-order valence-electron chi connectivity index (χ1n) is 4.09. The maximum Gasteiger partial charge on any atom is 0.157 e. The maximum atomic E-state index is 11.4. The van der Waals surface area contributed by atoms with Crippen molar-refractivity contribution in [2.75, 3.05) is 18.8 Å². The van der Waals surface area contributed by atoms with Crippen LogP contribution in [0.15, 0.2) is 0 Å². The van der Waals surface area contributed by atoms with E-state index in [1.165, 1.54) is 0 Å². The van der Waals surface area contributed by atoms with Crippen molar-refractivity contribution >= 4 is 22.2 Å². The van der Waals surface area contributed by atoms with E-state index in [0.29, 0.717) is 12.3 Å². The number of piperidine rings is 1. The molecule has 0 aromatic carbocycles. The van der Waals surface area contributed by atoms with Crippen LogP contribution in [0.25, 0.3) is 0 Å². The summed E-state index contributed by atoms with van der Waals surface area (Å²) in [5.74, 6) is 0.411. The zero-order chi connectivity index (χ0) is 7.95. The molecule has 2 fully saturated rings. The summed E-state index contributed by atoms with van der Waals surface area (Å²) in [6.07, 6.45) is 2.77. The van der Waals surface area contributed by atoms with Gasteiger partial charge in [0.25, 0.3) is 0 Å².